The fourth-order valence-electron chi connectivity index (χ4n) is 7.55. The van der Waals surface area contributed by atoms with Gasteiger partial charge in [0.25, 0.3) is 10.1 Å². The molecule has 10 heteroatoms. The zero-order valence-electron chi connectivity index (χ0n) is 28.1. The van der Waals surface area contributed by atoms with Crippen molar-refractivity contribution in [3.63, 3.8) is 0 Å². The van der Waals surface area contributed by atoms with Gasteiger partial charge in [0.05, 0.1) is 36.8 Å². The molecule has 3 aliphatic rings. The lowest BCUT2D eigenvalue weighted by Gasteiger charge is -2.49. The second-order valence-electron chi connectivity index (χ2n) is 14.2. The molecule has 0 amide bonds. The summed E-state index contributed by atoms with van der Waals surface area (Å²) in [7, 11) is -2.39. The third kappa shape index (κ3) is 9.21. The number of ether oxygens (including phenoxy) is 5. The number of benzene rings is 2. The van der Waals surface area contributed by atoms with Gasteiger partial charge in [-0.3, -0.25) is 4.18 Å². The molecule has 0 aromatic heterocycles. The largest absolute Gasteiger partial charge is 0.370 e. The summed E-state index contributed by atoms with van der Waals surface area (Å²) in [6.07, 6.45) is 5.69. The Morgan fingerprint density at radius 2 is 1.33 bits per heavy atom. The first kappa shape index (κ1) is 35.5. The van der Waals surface area contributed by atoms with Gasteiger partial charge in [-0.15, -0.1) is 0 Å². The van der Waals surface area contributed by atoms with Gasteiger partial charge in [-0.25, -0.2) is 0 Å². The molecule has 5 atom stereocenters. The zero-order chi connectivity index (χ0) is 32.6. The van der Waals surface area contributed by atoms with Gasteiger partial charge in [0.1, 0.15) is 31.8 Å². The van der Waals surface area contributed by atoms with E-state index in [1.807, 2.05) is 60.7 Å². The predicted molar refractivity (Wildman–Crippen MR) is 180 cm³/mol. The molecule has 3 saturated heterocycles. The van der Waals surface area contributed by atoms with Crippen molar-refractivity contribution in [2.24, 2.45) is 0 Å². The zero-order valence-corrected chi connectivity index (χ0v) is 28.9. The molecule has 0 saturated carbocycles. The second-order valence-corrected chi connectivity index (χ2v) is 16.6. The van der Waals surface area contributed by atoms with Crippen molar-refractivity contribution in [3.05, 3.63) is 71.8 Å². The lowest BCUT2D eigenvalue weighted by atomic mass is 9.25. The van der Waals surface area contributed by atoms with Crippen LogP contribution < -0.4 is 0 Å². The minimum Gasteiger partial charge on any atom is -0.370 e. The highest BCUT2D eigenvalue weighted by molar-refractivity contribution is 7.88. The third-order valence-corrected chi connectivity index (χ3v) is 12.0. The average molecular weight is 657 g/mol. The van der Waals surface area contributed by atoms with E-state index in [-0.39, 0.29) is 6.79 Å². The summed E-state index contributed by atoms with van der Waals surface area (Å²) < 4.78 is 64.0. The summed E-state index contributed by atoms with van der Waals surface area (Å²) in [5, 5.41) is 0. The molecular weight excluding hydrogens is 603 g/mol. The molecule has 3 aliphatic heterocycles. The summed E-state index contributed by atoms with van der Waals surface area (Å²) in [6, 6.07) is 19.9. The molecule has 2 bridgehead atoms. The molecule has 3 fully saturated rings. The smallest absolute Gasteiger partial charge is 0.272 e. The monoisotopic (exact) mass is 656 g/mol. The standard InChI is InChI=1S/C36H53BO8S/c1-36(2,3)46(38,39)45-34-32(23-37-29-17-11-18-30(37)20-12-19-29)44-31(21-22-41-26-40-4)33(42-24-27-13-7-5-8-14-27)35(34)43-25-28-15-9-6-10-16-28/h5-10,13-16,29-35H,11-12,17-26H2,1-4H3/t29?,30?,31?,32?,33-,34+,35+/m0/s1. The maximum Gasteiger partial charge on any atom is 0.272 e. The van der Waals surface area contributed by atoms with E-state index in [1.54, 1.807) is 27.9 Å². The fourth-order valence-corrected chi connectivity index (χ4v) is 8.37. The molecule has 0 spiro atoms. The molecule has 0 radical (unpaired) electrons. The quantitative estimate of drug-likeness (QED) is 0.0873. The molecule has 0 N–H and O–H groups in total. The van der Waals surface area contributed by atoms with Gasteiger partial charge >= 0.3 is 0 Å². The van der Waals surface area contributed by atoms with Gasteiger partial charge in [0, 0.05) is 7.11 Å². The van der Waals surface area contributed by atoms with Crippen LogP contribution in [0.15, 0.2) is 60.7 Å². The molecule has 46 heavy (non-hydrogen) atoms. The summed E-state index contributed by atoms with van der Waals surface area (Å²) in [4.78, 5) is 0. The SMILES string of the molecule is COCOCCC1OC(CB2C3CCCC2CCC3)[C@@H](OS(=O)(=O)C(C)(C)C)[C@H](OCc2ccccc2)[C@H]1OCc1ccccc1. The first-order valence-corrected chi connectivity index (χ1v) is 18.5. The maximum atomic E-state index is 13.8. The highest BCUT2D eigenvalue weighted by Gasteiger charge is 2.53. The highest BCUT2D eigenvalue weighted by Crippen LogP contribution is 2.49. The van der Waals surface area contributed by atoms with Crippen LogP contribution in [0.1, 0.15) is 76.8 Å². The molecule has 3 heterocycles. The molecule has 0 aliphatic carbocycles. The number of methoxy groups -OCH3 is 1. The summed E-state index contributed by atoms with van der Waals surface area (Å²) in [5.74, 6) is 1.27. The van der Waals surface area contributed by atoms with Crippen LogP contribution in [0, 0.1) is 0 Å². The summed E-state index contributed by atoms with van der Waals surface area (Å²) >= 11 is 0. The van der Waals surface area contributed by atoms with Crippen LogP contribution in [-0.4, -0.2) is 70.9 Å². The first-order valence-electron chi connectivity index (χ1n) is 17.1. The van der Waals surface area contributed by atoms with E-state index < -0.39 is 45.4 Å². The van der Waals surface area contributed by atoms with Crippen LogP contribution in [0.2, 0.25) is 18.0 Å². The Balaban J connectivity index is 1.51. The number of fused-ring (bicyclic) bond motifs is 2. The number of rotatable bonds is 15. The van der Waals surface area contributed by atoms with Gasteiger partial charge < -0.3 is 23.7 Å². The Kier molecular flexibility index (Phi) is 12.8. The van der Waals surface area contributed by atoms with Gasteiger partial charge in [0.2, 0.25) is 0 Å². The predicted octanol–water partition coefficient (Wildman–Crippen LogP) is 7.05. The lowest BCUT2D eigenvalue weighted by Crippen LogP contribution is -2.62. The molecule has 2 aromatic rings. The molecule has 5 rings (SSSR count). The minimum absolute atomic E-state index is 0.181. The Hall–Kier alpha value is -1.79. The molecule has 2 unspecified atom stereocenters. The van der Waals surface area contributed by atoms with Crippen LogP contribution in [0.3, 0.4) is 0 Å². The molecule has 2 aromatic carbocycles. The number of hydrogen-bond donors (Lipinski definition) is 0. The van der Waals surface area contributed by atoms with Crippen LogP contribution in [0.4, 0.5) is 0 Å². The molecule has 254 valence electrons. The Bertz CT molecular complexity index is 1270. The van der Waals surface area contributed by atoms with E-state index in [9.17, 15) is 8.42 Å². The van der Waals surface area contributed by atoms with E-state index in [0.717, 1.165) is 17.4 Å². The topological polar surface area (TPSA) is 89.5 Å². The van der Waals surface area contributed by atoms with E-state index in [2.05, 4.69) is 0 Å². The fraction of sp³-hybridized carbons (Fsp3) is 0.667. The second kappa shape index (κ2) is 16.6. The average Bonchev–Trinajstić information content (AvgIpc) is 3.03. The van der Waals surface area contributed by atoms with E-state index in [0.29, 0.717) is 44.6 Å². The van der Waals surface area contributed by atoms with E-state index >= 15 is 0 Å². The van der Waals surface area contributed by atoms with Crippen molar-refractivity contribution in [1.82, 2.24) is 0 Å². The number of hydrogen-bond acceptors (Lipinski definition) is 8. The van der Waals surface area contributed by atoms with Crippen LogP contribution in [0.5, 0.6) is 0 Å². The van der Waals surface area contributed by atoms with Gasteiger partial charge in [-0.2, -0.15) is 8.42 Å². The van der Waals surface area contributed by atoms with Crippen LogP contribution in [0.25, 0.3) is 0 Å². The van der Waals surface area contributed by atoms with Crippen molar-refractivity contribution >= 4 is 16.8 Å². The highest BCUT2D eigenvalue weighted by atomic mass is 32.2. The Morgan fingerprint density at radius 1 is 0.783 bits per heavy atom. The van der Waals surface area contributed by atoms with Crippen molar-refractivity contribution in [3.8, 4) is 0 Å². The van der Waals surface area contributed by atoms with Crippen LogP contribution in [-0.2, 0) is 51.2 Å². The minimum atomic E-state index is -3.99. The Morgan fingerprint density at radius 3 is 1.85 bits per heavy atom. The lowest BCUT2D eigenvalue weighted by molar-refractivity contribution is -0.246. The maximum absolute atomic E-state index is 13.8. The van der Waals surface area contributed by atoms with Crippen LogP contribution >= 0.6 is 0 Å². The van der Waals surface area contributed by atoms with Gasteiger partial charge in [0.15, 0.2) is 0 Å². The van der Waals surface area contributed by atoms with Gasteiger partial charge in [-0.1, -0.05) is 111 Å². The van der Waals surface area contributed by atoms with Crippen molar-refractivity contribution in [2.75, 3.05) is 20.5 Å². The first-order chi connectivity index (χ1) is 22.2. The summed E-state index contributed by atoms with van der Waals surface area (Å²) in [6.45, 7) is 6.69. The Labute approximate surface area is 277 Å². The summed E-state index contributed by atoms with van der Waals surface area (Å²) in [5.41, 5.74) is 2.00. The normalized spacial score (nSPS) is 28.7. The van der Waals surface area contributed by atoms with Crippen molar-refractivity contribution < 1.29 is 36.3 Å². The molecule has 8 nitrogen and oxygen atoms in total. The van der Waals surface area contributed by atoms with Gasteiger partial charge in [-0.05, 0) is 44.6 Å². The van der Waals surface area contributed by atoms with E-state index in [1.165, 1.54) is 38.5 Å². The third-order valence-electron chi connectivity index (χ3n) is 10.1. The van der Waals surface area contributed by atoms with Crippen molar-refractivity contribution in [2.45, 2.75) is 132 Å². The molecular formula is C36H53BO8S. The van der Waals surface area contributed by atoms with Crippen molar-refractivity contribution in [1.29, 1.82) is 0 Å². The van der Waals surface area contributed by atoms with E-state index in [4.69, 9.17) is 27.9 Å².